The van der Waals surface area contributed by atoms with Gasteiger partial charge in [-0.2, -0.15) is 0 Å². The molecule has 0 bridgehead atoms. The number of piperidine rings is 1. The van der Waals surface area contributed by atoms with Crippen molar-refractivity contribution in [2.45, 2.75) is 70.9 Å². The molecular formula is C13H23NO. The first-order valence-electron chi connectivity index (χ1n) is 6.52. The van der Waals surface area contributed by atoms with Gasteiger partial charge in [0.1, 0.15) is 0 Å². The number of carbonyl (C=O) groups is 1. The summed E-state index contributed by atoms with van der Waals surface area (Å²) < 4.78 is 0. The highest BCUT2D eigenvalue weighted by atomic mass is 16.2. The van der Waals surface area contributed by atoms with Gasteiger partial charge < -0.3 is 4.90 Å². The van der Waals surface area contributed by atoms with Crippen molar-refractivity contribution < 1.29 is 4.79 Å². The van der Waals surface area contributed by atoms with Gasteiger partial charge in [-0.05, 0) is 46.0 Å². The molecule has 0 aromatic rings. The molecule has 1 amide bonds. The standard InChI is InChI=1S/C13H23NO/c1-10-6-5-7-11(2)14(10)13(15)12-8-3-4-9-12/h10-12H,3-9H2,1-2H3. The molecule has 2 heteroatoms. The maximum absolute atomic E-state index is 12.3. The lowest BCUT2D eigenvalue weighted by atomic mass is 9.94. The zero-order valence-corrected chi connectivity index (χ0v) is 10.0. The number of hydrogen-bond acceptors (Lipinski definition) is 1. The molecule has 1 saturated heterocycles. The fraction of sp³-hybridized carbons (Fsp3) is 0.923. The van der Waals surface area contributed by atoms with Crippen LogP contribution in [0.2, 0.25) is 0 Å². The van der Waals surface area contributed by atoms with Crippen molar-refractivity contribution in [3.8, 4) is 0 Å². The zero-order valence-electron chi connectivity index (χ0n) is 10.0. The van der Waals surface area contributed by atoms with Crippen LogP contribution in [0.5, 0.6) is 0 Å². The van der Waals surface area contributed by atoms with Crippen LogP contribution in [0.15, 0.2) is 0 Å². The number of hydrogen-bond donors (Lipinski definition) is 0. The lowest BCUT2D eigenvalue weighted by Gasteiger charge is -2.40. The first kappa shape index (κ1) is 11.0. The van der Waals surface area contributed by atoms with Gasteiger partial charge in [-0.3, -0.25) is 4.79 Å². The molecule has 0 spiro atoms. The third-order valence-electron chi connectivity index (χ3n) is 4.15. The van der Waals surface area contributed by atoms with Gasteiger partial charge in [0.2, 0.25) is 5.91 Å². The van der Waals surface area contributed by atoms with Crippen LogP contribution in [0.3, 0.4) is 0 Å². The molecule has 2 fully saturated rings. The molecule has 0 aromatic heterocycles. The fourth-order valence-corrected chi connectivity index (χ4v) is 3.24. The lowest BCUT2D eigenvalue weighted by Crippen LogP contribution is -2.49. The van der Waals surface area contributed by atoms with Crippen molar-refractivity contribution >= 4 is 5.91 Å². The summed E-state index contributed by atoms with van der Waals surface area (Å²) in [5.74, 6) is 0.806. The number of carbonyl (C=O) groups excluding carboxylic acids is 1. The average Bonchev–Trinajstić information content (AvgIpc) is 2.69. The maximum Gasteiger partial charge on any atom is 0.226 e. The Balaban J connectivity index is 2.02. The zero-order chi connectivity index (χ0) is 10.8. The summed E-state index contributed by atoms with van der Waals surface area (Å²) in [6, 6.07) is 0.948. The van der Waals surface area contributed by atoms with E-state index in [1.54, 1.807) is 0 Å². The van der Waals surface area contributed by atoms with Gasteiger partial charge >= 0.3 is 0 Å². The smallest absolute Gasteiger partial charge is 0.226 e. The molecule has 2 atom stereocenters. The quantitative estimate of drug-likeness (QED) is 0.650. The van der Waals surface area contributed by atoms with E-state index < -0.39 is 0 Å². The molecule has 2 rings (SSSR count). The molecule has 0 radical (unpaired) electrons. The van der Waals surface area contributed by atoms with Crippen LogP contribution in [0.4, 0.5) is 0 Å². The predicted octanol–water partition coefficient (Wildman–Crippen LogP) is 2.97. The van der Waals surface area contributed by atoms with Crippen molar-refractivity contribution in [1.82, 2.24) is 4.90 Å². The van der Waals surface area contributed by atoms with Gasteiger partial charge in [0.15, 0.2) is 0 Å². The second-order valence-electron chi connectivity index (χ2n) is 5.36. The van der Waals surface area contributed by atoms with E-state index in [9.17, 15) is 4.79 Å². The minimum atomic E-state index is 0.355. The second-order valence-corrected chi connectivity index (χ2v) is 5.36. The highest BCUT2D eigenvalue weighted by Gasteiger charge is 2.34. The number of amides is 1. The Morgan fingerprint density at radius 2 is 1.47 bits per heavy atom. The van der Waals surface area contributed by atoms with Gasteiger partial charge in [-0.1, -0.05) is 12.8 Å². The summed E-state index contributed by atoms with van der Waals surface area (Å²) in [6.07, 6.45) is 8.46. The Labute approximate surface area is 93.0 Å². The molecule has 2 unspecified atom stereocenters. The van der Waals surface area contributed by atoms with Crippen LogP contribution in [0.25, 0.3) is 0 Å². The SMILES string of the molecule is CC1CCCC(C)N1C(=O)C1CCCC1. The Kier molecular flexibility index (Phi) is 3.32. The molecular weight excluding hydrogens is 186 g/mol. The van der Waals surface area contributed by atoms with E-state index in [0.717, 1.165) is 12.8 Å². The predicted molar refractivity (Wildman–Crippen MR) is 61.6 cm³/mol. The minimum absolute atomic E-state index is 0.355. The molecule has 1 saturated carbocycles. The summed E-state index contributed by atoms with van der Waals surface area (Å²) >= 11 is 0. The van der Waals surface area contributed by atoms with Crippen LogP contribution in [-0.4, -0.2) is 22.9 Å². The van der Waals surface area contributed by atoms with Crippen LogP contribution in [-0.2, 0) is 4.79 Å². The number of likely N-dealkylation sites (tertiary alicyclic amines) is 1. The van der Waals surface area contributed by atoms with E-state index in [1.807, 2.05) is 0 Å². The van der Waals surface area contributed by atoms with Crippen LogP contribution in [0.1, 0.15) is 58.8 Å². The normalized spacial score (nSPS) is 33.3. The topological polar surface area (TPSA) is 20.3 Å². The summed E-state index contributed by atoms with van der Waals surface area (Å²) in [7, 11) is 0. The van der Waals surface area contributed by atoms with Gasteiger partial charge in [-0.25, -0.2) is 0 Å². The van der Waals surface area contributed by atoms with Gasteiger partial charge in [0.25, 0.3) is 0 Å². The molecule has 0 aromatic carbocycles. The lowest BCUT2D eigenvalue weighted by molar-refractivity contribution is -0.141. The Morgan fingerprint density at radius 3 is 2.00 bits per heavy atom. The van der Waals surface area contributed by atoms with Gasteiger partial charge in [0, 0.05) is 18.0 Å². The third kappa shape index (κ3) is 2.19. The van der Waals surface area contributed by atoms with Crippen molar-refractivity contribution in [3.05, 3.63) is 0 Å². The molecule has 2 aliphatic rings. The van der Waals surface area contributed by atoms with E-state index in [0.29, 0.717) is 23.9 Å². The molecule has 1 heterocycles. The van der Waals surface area contributed by atoms with E-state index in [-0.39, 0.29) is 0 Å². The highest BCUT2D eigenvalue weighted by Crippen LogP contribution is 2.31. The fourth-order valence-electron chi connectivity index (χ4n) is 3.24. The summed E-state index contributed by atoms with van der Waals surface area (Å²) in [5.41, 5.74) is 0. The third-order valence-corrected chi connectivity index (χ3v) is 4.15. The Bertz CT molecular complexity index is 223. The Morgan fingerprint density at radius 1 is 0.933 bits per heavy atom. The van der Waals surface area contributed by atoms with Crippen LogP contribution < -0.4 is 0 Å². The van der Waals surface area contributed by atoms with E-state index >= 15 is 0 Å². The average molecular weight is 209 g/mol. The van der Waals surface area contributed by atoms with Crippen molar-refractivity contribution in [3.63, 3.8) is 0 Å². The summed E-state index contributed by atoms with van der Waals surface area (Å²) in [5, 5.41) is 0. The maximum atomic E-state index is 12.3. The van der Waals surface area contributed by atoms with Gasteiger partial charge in [-0.15, -0.1) is 0 Å². The summed E-state index contributed by atoms with van der Waals surface area (Å²) in [4.78, 5) is 14.5. The van der Waals surface area contributed by atoms with Gasteiger partial charge in [0.05, 0.1) is 0 Å². The monoisotopic (exact) mass is 209 g/mol. The molecule has 2 nitrogen and oxygen atoms in total. The number of nitrogens with zero attached hydrogens (tertiary/aromatic N) is 1. The van der Waals surface area contributed by atoms with Crippen molar-refractivity contribution in [2.75, 3.05) is 0 Å². The molecule has 0 N–H and O–H groups in total. The van der Waals surface area contributed by atoms with Crippen molar-refractivity contribution in [2.24, 2.45) is 5.92 Å². The number of rotatable bonds is 1. The van der Waals surface area contributed by atoms with Crippen molar-refractivity contribution in [1.29, 1.82) is 0 Å². The van der Waals surface area contributed by atoms with E-state index in [1.165, 1.54) is 32.1 Å². The highest BCUT2D eigenvalue weighted by molar-refractivity contribution is 5.79. The van der Waals surface area contributed by atoms with Crippen LogP contribution in [0, 0.1) is 5.92 Å². The first-order valence-corrected chi connectivity index (χ1v) is 6.52. The largest absolute Gasteiger partial charge is 0.337 e. The van der Waals surface area contributed by atoms with E-state index in [2.05, 4.69) is 18.7 Å². The van der Waals surface area contributed by atoms with E-state index in [4.69, 9.17) is 0 Å². The summed E-state index contributed by atoms with van der Waals surface area (Å²) in [6.45, 7) is 4.42. The Hall–Kier alpha value is -0.530. The molecule has 15 heavy (non-hydrogen) atoms. The first-order chi connectivity index (χ1) is 7.20. The second kappa shape index (κ2) is 4.54. The molecule has 86 valence electrons. The molecule has 1 aliphatic carbocycles. The molecule has 1 aliphatic heterocycles. The minimum Gasteiger partial charge on any atom is -0.337 e. The van der Waals surface area contributed by atoms with Crippen LogP contribution >= 0.6 is 0 Å².